The second-order valence-corrected chi connectivity index (χ2v) is 20.3. The van der Waals surface area contributed by atoms with Gasteiger partial charge in [0.15, 0.2) is 0 Å². The third-order valence-corrected chi connectivity index (χ3v) is 15.5. The number of carbonyl (C=O) groups excluding carboxylic acids is 2. The topological polar surface area (TPSA) is 247 Å². The number of nitro groups is 1. The van der Waals surface area contributed by atoms with Crippen LogP contribution in [0.5, 0.6) is 23.0 Å². The highest BCUT2D eigenvalue weighted by Crippen LogP contribution is 2.62. The predicted molar refractivity (Wildman–Crippen MR) is 277 cm³/mol. The van der Waals surface area contributed by atoms with Crippen LogP contribution in [0.4, 0.5) is 21.9 Å². The molecule has 7 rings (SSSR count). The zero-order valence-electron chi connectivity index (χ0n) is 42.1. The van der Waals surface area contributed by atoms with E-state index in [0.717, 1.165) is 0 Å². The van der Waals surface area contributed by atoms with E-state index in [-0.39, 0.29) is 73.5 Å². The molecule has 2 aliphatic carbocycles. The largest absolute Gasteiger partial charge is 0.497 e. The lowest BCUT2D eigenvalue weighted by Crippen LogP contribution is -2.70. The van der Waals surface area contributed by atoms with Gasteiger partial charge in [-0.3, -0.25) is 20.2 Å². The van der Waals surface area contributed by atoms with Gasteiger partial charge in [-0.2, -0.15) is 4.31 Å². The van der Waals surface area contributed by atoms with Crippen LogP contribution in [-0.2, 0) is 31.0 Å². The summed E-state index contributed by atoms with van der Waals surface area (Å²) in [4.78, 5) is 42.7. The molecular weight excluding hydrogens is 975 g/mol. The van der Waals surface area contributed by atoms with Crippen LogP contribution in [0, 0.1) is 27.9 Å². The van der Waals surface area contributed by atoms with Crippen LogP contribution < -0.4 is 29.6 Å². The fourth-order valence-electron chi connectivity index (χ4n) is 10.4. The summed E-state index contributed by atoms with van der Waals surface area (Å²) in [5, 5.41) is 41.8. The van der Waals surface area contributed by atoms with Gasteiger partial charge in [-0.25, -0.2) is 13.2 Å². The first-order valence-corrected chi connectivity index (χ1v) is 26.2. The van der Waals surface area contributed by atoms with Gasteiger partial charge in [-0.05, 0) is 122 Å². The van der Waals surface area contributed by atoms with E-state index in [2.05, 4.69) is 23.3 Å². The van der Waals surface area contributed by atoms with Crippen molar-refractivity contribution in [3.63, 3.8) is 0 Å². The molecule has 19 nitrogen and oxygen atoms in total. The Labute approximate surface area is 431 Å². The fourth-order valence-corrected chi connectivity index (χ4v) is 12.2. The average molecular weight is 1040 g/mol. The van der Waals surface area contributed by atoms with Crippen LogP contribution in [0.2, 0.25) is 0 Å². The number of hydrogen-bond acceptors (Lipinski definition) is 15. The first-order valence-electron chi connectivity index (χ1n) is 24.8. The lowest BCUT2D eigenvalue weighted by Gasteiger charge is -2.59. The summed E-state index contributed by atoms with van der Waals surface area (Å²) in [6.45, 7) is 7.07. The van der Waals surface area contributed by atoms with Crippen LogP contribution in [0.15, 0.2) is 119 Å². The molecule has 0 radical (unpaired) electrons. The molecule has 1 saturated carbocycles. The van der Waals surface area contributed by atoms with Crippen LogP contribution in [0.25, 0.3) is 0 Å². The van der Waals surface area contributed by atoms with E-state index >= 15 is 8.42 Å². The van der Waals surface area contributed by atoms with Crippen LogP contribution >= 0.6 is 0 Å². The molecule has 1 aliphatic heterocycles. The highest BCUT2D eigenvalue weighted by atomic mass is 32.2. The van der Waals surface area contributed by atoms with Gasteiger partial charge >= 0.3 is 6.09 Å². The van der Waals surface area contributed by atoms with Crippen molar-refractivity contribution in [3.8, 4) is 23.0 Å². The van der Waals surface area contributed by atoms with Gasteiger partial charge in [0.25, 0.3) is 5.69 Å². The SMILES string of the molecule is C=CCO[C@@]12Oc3ccc(OC(=O)Nc4ccc(OC)cc4OC)cc3[C@H]3[C@H](CCCCO)[C@@H](CCCCO)C=C(C(=NOCc4ccc([N+](=O)[O-])cc4)C[C@@H]1N(CCC)S(=O)(=O)c1ccc(NC(C)=O)cc1)[C@H]32. The Balaban J connectivity index is 1.42. The van der Waals surface area contributed by atoms with Gasteiger partial charge in [-0.1, -0.05) is 37.1 Å². The molecule has 1 fully saturated rings. The summed E-state index contributed by atoms with van der Waals surface area (Å²) in [6.07, 6.45) is 6.90. The molecule has 0 bridgehead atoms. The second-order valence-electron chi connectivity index (χ2n) is 18.4. The number of nitrogens with zero attached hydrogens (tertiary/aromatic N) is 3. The minimum atomic E-state index is -4.40. The van der Waals surface area contributed by atoms with Crippen LogP contribution in [0.3, 0.4) is 0 Å². The molecule has 396 valence electrons. The number of ether oxygens (including phenoxy) is 5. The number of methoxy groups -OCH3 is 2. The van der Waals surface area contributed by atoms with Crippen molar-refractivity contribution >= 4 is 44.8 Å². The van der Waals surface area contributed by atoms with Gasteiger partial charge in [0.05, 0.1) is 54.0 Å². The number of allylic oxidation sites excluding steroid dienone is 1. The molecule has 3 aliphatic rings. The maximum Gasteiger partial charge on any atom is 0.417 e. The molecule has 2 amide bonds. The quantitative estimate of drug-likeness (QED) is 0.0209. The lowest BCUT2D eigenvalue weighted by atomic mass is 9.55. The third kappa shape index (κ3) is 12.2. The van der Waals surface area contributed by atoms with Crippen molar-refractivity contribution in [1.29, 1.82) is 0 Å². The van der Waals surface area contributed by atoms with E-state index in [1.165, 1.54) is 61.8 Å². The summed E-state index contributed by atoms with van der Waals surface area (Å²) >= 11 is 0. The van der Waals surface area contributed by atoms with E-state index in [9.17, 15) is 29.9 Å². The molecule has 4 aromatic rings. The summed E-state index contributed by atoms with van der Waals surface area (Å²) in [5.41, 5.74) is 3.06. The van der Waals surface area contributed by atoms with Crippen molar-refractivity contribution in [2.75, 3.05) is 51.2 Å². The van der Waals surface area contributed by atoms with Crippen LogP contribution in [-0.4, -0.2) is 98.0 Å². The molecule has 0 saturated heterocycles. The number of aliphatic hydroxyl groups is 2. The van der Waals surface area contributed by atoms with E-state index in [1.807, 2.05) is 6.92 Å². The normalized spacial score (nSPS) is 21.3. The van der Waals surface area contributed by atoms with E-state index in [4.69, 9.17) is 33.7 Å². The number of nitrogens with one attached hydrogen (secondary N) is 2. The number of amides is 2. The zero-order valence-corrected chi connectivity index (χ0v) is 42.9. The minimum Gasteiger partial charge on any atom is -0.497 e. The number of anilines is 2. The Hall–Kier alpha value is -6.84. The first-order chi connectivity index (χ1) is 35.7. The van der Waals surface area contributed by atoms with Gasteiger partial charge in [0.2, 0.25) is 21.7 Å². The molecule has 20 heteroatoms. The average Bonchev–Trinajstić information content (AvgIpc) is 3.39. The minimum absolute atomic E-state index is 0.00651. The van der Waals surface area contributed by atoms with Gasteiger partial charge in [0, 0.05) is 68.5 Å². The first kappa shape index (κ1) is 54.9. The number of non-ortho nitro benzene ring substituents is 1. The van der Waals surface area contributed by atoms with E-state index < -0.39 is 44.7 Å². The number of carbonyl (C=O) groups is 2. The number of rotatable bonds is 25. The number of unbranched alkanes of at least 4 members (excludes halogenated alkanes) is 2. The fraction of sp³-hybridized carbons (Fsp3) is 0.426. The Kier molecular flexibility index (Phi) is 18.5. The Morgan fingerprint density at radius 2 is 1.66 bits per heavy atom. The van der Waals surface area contributed by atoms with E-state index in [1.54, 1.807) is 54.6 Å². The Morgan fingerprint density at radius 3 is 2.31 bits per heavy atom. The summed E-state index contributed by atoms with van der Waals surface area (Å²) in [5.74, 6) is -2.33. The lowest BCUT2D eigenvalue weighted by molar-refractivity contribution is -0.384. The second kappa shape index (κ2) is 24.9. The molecular formula is C54H65N5O14S. The smallest absolute Gasteiger partial charge is 0.417 e. The Morgan fingerprint density at radius 1 is 0.946 bits per heavy atom. The molecule has 0 unspecified atom stereocenters. The van der Waals surface area contributed by atoms with Crippen molar-refractivity contribution in [2.24, 2.45) is 22.9 Å². The van der Waals surface area contributed by atoms with Crippen molar-refractivity contribution < 1.29 is 61.7 Å². The standard InChI is InChI=1S/C54H65N5O14S/c1-6-26-58(74(66,67)42-22-16-38(17-23-42)55-35(3)62)50-33-47(57-71-34-36-14-18-39(19-15-36)59(64)65)44-30-37(12-8-10-27-60)43(13-9-11-28-61)51-45-31-41(21-25-48(45)73-54(50,52(44)51)70-29-7-2)72-53(63)56-46-24-20-40(68-4)32-49(46)69-5/h7,14-25,30-32,37,43,50-52,60-61H,2,6,8-13,26-29,33-34H2,1,3-5H3,(H,55,62)(H,56,63)/t37-,43+,50-,51+,52+,54+/m0/s1. The third-order valence-electron chi connectivity index (χ3n) is 13.6. The number of fused-ring (bicyclic) bond motifs is 2. The highest BCUT2D eigenvalue weighted by molar-refractivity contribution is 7.89. The van der Waals surface area contributed by atoms with Gasteiger partial charge in [0.1, 0.15) is 29.6 Å². The molecule has 74 heavy (non-hydrogen) atoms. The molecule has 4 aromatic carbocycles. The van der Waals surface area contributed by atoms with Gasteiger partial charge in [-0.15, -0.1) is 6.58 Å². The maximum atomic E-state index is 15.4. The van der Waals surface area contributed by atoms with Crippen LogP contribution in [0.1, 0.15) is 82.3 Å². The summed E-state index contributed by atoms with van der Waals surface area (Å²) < 4.78 is 63.3. The number of oxime groups is 1. The summed E-state index contributed by atoms with van der Waals surface area (Å²) in [7, 11) is -1.41. The zero-order chi connectivity index (χ0) is 53.0. The monoisotopic (exact) mass is 1040 g/mol. The molecule has 0 spiro atoms. The maximum absolute atomic E-state index is 15.4. The number of benzene rings is 4. The number of nitro benzene ring substituents is 1. The number of hydrogen-bond donors (Lipinski definition) is 4. The summed E-state index contributed by atoms with van der Waals surface area (Å²) in [6, 6.07) is 20.7. The molecule has 4 N–H and O–H groups in total. The molecule has 1 heterocycles. The molecule has 0 aromatic heterocycles. The number of aliphatic hydroxyl groups excluding tert-OH is 2. The van der Waals surface area contributed by atoms with Gasteiger partial charge < -0.3 is 44.1 Å². The van der Waals surface area contributed by atoms with Crippen molar-refractivity contribution in [1.82, 2.24) is 4.31 Å². The van der Waals surface area contributed by atoms with Crippen molar-refractivity contribution in [3.05, 3.63) is 130 Å². The van der Waals surface area contributed by atoms with E-state index in [0.29, 0.717) is 96.0 Å². The Bertz CT molecular complexity index is 2810. The molecule has 6 atom stereocenters. The number of sulfonamides is 1. The highest BCUT2D eigenvalue weighted by Gasteiger charge is 2.66. The predicted octanol–water partition coefficient (Wildman–Crippen LogP) is 9.12. The van der Waals surface area contributed by atoms with Crippen molar-refractivity contribution in [2.45, 2.75) is 94.5 Å².